The van der Waals surface area contributed by atoms with Gasteiger partial charge >= 0.3 is 0 Å². The van der Waals surface area contributed by atoms with Crippen molar-refractivity contribution in [2.75, 3.05) is 6.54 Å². The molecular formula is C10H19NO. The third-order valence-corrected chi connectivity index (χ3v) is 3.25. The number of hydrogen-bond acceptors (Lipinski definition) is 2. The molecule has 0 spiro atoms. The van der Waals surface area contributed by atoms with Crippen LogP contribution in [-0.2, 0) is 0 Å². The lowest BCUT2D eigenvalue weighted by molar-refractivity contribution is 0.0690. The summed E-state index contributed by atoms with van der Waals surface area (Å²) < 4.78 is 0. The van der Waals surface area contributed by atoms with Crippen LogP contribution in [0.4, 0.5) is 0 Å². The molecular weight excluding hydrogens is 150 g/mol. The molecule has 0 bridgehead atoms. The lowest BCUT2D eigenvalue weighted by Gasteiger charge is -2.29. The minimum Gasteiger partial charge on any atom is -0.391 e. The summed E-state index contributed by atoms with van der Waals surface area (Å²) in [6.45, 7) is 3.33. The van der Waals surface area contributed by atoms with Gasteiger partial charge in [-0.3, -0.25) is 4.90 Å². The van der Waals surface area contributed by atoms with Crippen LogP contribution in [0.1, 0.15) is 39.0 Å². The van der Waals surface area contributed by atoms with Crippen LogP contribution in [0.15, 0.2) is 0 Å². The van der Waals surface area contributed by atoms with E-state index in [1.165, 1.54) is 25.7 Å². The third-order valence-electron chi connectivity index (χ3n) is 3.25. The second-order valence-corrected chi connectivity index (χ2v) is 4.13. The number of rotatable bonds is 3. The molecule has 2 nitrogen and oxygen atoms in total. The Kier molecular flexibility index (Phi) is 2.37. The molecule has 2 aliphatic carbocycles. The van der Waals surface area contributed by atoms with E-state index >= 15 is 0 Å². The highest BCUT2D eigenvalue weighted by Gasteiger charge is 2.37. The van der Waals surface area contributed by atoms with Crippen molar-refractivity contribution in [1.82, 2.24) is 4.90 Å². The fraction of sp³-hybridized carbons (Fsp3) is 1.00. The van der Waals surface area contributed by atoms with Crippen LogP contribution >= 0.6 is 0 Å². The van der Waals surface area contributed by atoms with E-state index in [4.69, 9.17) is 0 Å². The monoisotopic (exact) mass is 169 g/mol. The highest BCUT2D eigenvalue weighted by Crippen LogP contribution is 2.34. The zero-order valence-corrected chi connectivity index (χ0v) is 7.87. The van der Waals surface area contributed by atoms with Crippen molar-refractivity contribution >= 4 is 0 Å². The number of nitrogens with zero attached hydrogens (tertiary/aromatic N) is 1. The molecule has 2 fully saturated rings. The molecule has 2 atom stereocenters. The Morgan fingerprint density at radius 2 is 2.00 bits per heavy atom. The summed E-state index contributed by atoms with van der Waals surface area (Å²) in [6.07, 6.45) is 6.13. The van der Waals surface area contributed by atoms with Crippen molar-refractivity contribution in [1.29, 1.82) is 0 Å². The fourth-order valence-electron chi connectivity index (χ4n) is 2.48. The molecule has 0 unspecified atom stereocenters. The third kappa shape index (κ3) is 1.50. The van der Waals surface area contributed by atoms with Crippen molar-refractivity contribution in [3.63, 3.8) is 0 Å². The largest absolute Gasteiger partial charge is 0.391 e. The molecule has 0 aliphatic heterocycles. The highest BCUT2D eigenvalue weighted by atomic mass is 16.3. The molecule has 0 heterocycles. The first kappa shape index (κ1) is 8.52. The number of aliphatic hydroxyl groups is 1. The number of likely N-dealkylation sites (N-methyl/N-ethyl adjacent to an activating group) is 1. The van der Waals surface area contributed by atoms with Gasteiger partial charge in [0, 0.05) is 12.1 Å². The Bertz CT molecular complexity index is 156. The smallest absolute Gasteiger partial charge is 0.0695 e. The summed E-state index contributed by atoms with van der Waals surface area (Å²) in [5.41, 5.74) is 0. The van der Waals surface area contributed by atoms with E-state index in [-0.39, 0.29) is 6.10 Å². The minimum absolute atomic E-state index is 0.0365. The molecule has 0 aromatic carbocycles. The van der Waals surface area contributed by atoms with Crippen molar-refractivity contribution in [3.05, 3.63) is 0 Å². The van der Waals surface area contributed by atoms with Gasteiger partial charge in [0.05, 0.1) is 6.10 Å². The zero-order valence-electron chi connectivity index (χ0n) is 7.87. The molecule has 12 heavy (non-hydrogen) atoms. The lowest BCUT2D eigenvalue weighted by atomic mass is 10.2. The van der Waals surface area contributed by atoms with Gasteiger partial charge in [-0.1, -0.05) is 6.92 Å². The summed E-state index contributed by atoms with van der Waals surface area (Å²) >= 11 is 0. The highest BCUT2D eigenvalue weighted by molar-refractivity contribution is 4.93. The molecule has 1 N–H and O–H groups in total. The van der Waals surface area contributed by atoms with E-state index in [0.29, 0.717) is 6.04 Å². The first-order chi connectivity index (χ1) is 5.83. The SMILES string of the molecule is CCN(C1CC1)[C@H]1CCC[C@@H]1O. The Morgan fingerprint density at radius 1 is 1.25 bits per heavy atom. The summed E-state index contributed by atoms with van der Waals surface area (Å²) in [5, 5.41) is 9.73. The Labute approximate surface area is 74.6 Å². The van der Waals surface area contributed by atoms with E-state index < -0.39 is 0 Å². The Morgan fingerprint density at radius 3 is 2.42 bits per heavy atom. The molecule has 0 aromatic rings. The van der Waals surface area contributed by atoms with Crippen LogP contribution in [0.5, 0.6) is 0 Å². The van der Waals surface area contributed by atoms with Crippen LogP contribution in [0, 0.1) is 0 Å². The van der Waals surface area contributed by atoms with Crippen molar-refractivity contribution in [2.24, 2.45) is 0 Å². The topological polar surface area (TPSA) is 23.5 Å². The first-order valence-electron chi connectivity index (χ1n) is 5.26. The van der Waals surface area contributed by atoms with Gasteiger partial charge in [0.15, 0.2) is 0 Å². The van der Waals surface area contributed by atoms with E-state index in [1.807, 2.05) is 0 Å². The minimum atomic E-state index is -0.0365. The standard InChI is InChI=1S/C10H19NO/c1-2-11(8-6-7-8)9-4-3-5-10(9)12/h8-10,12H,2-7H2,1H3/t9-,10-/m0/s1. The quantitative estimate of drug-likeness (QED) is 0.690. The second kappa shape index (κ2) is 3.35. The average Bonchev–Trinajstić information content (AvgIpc) is 2.80. The Hall–Kier alpha value is -0.0800. The first-order valence-corrected chi connectivity index (χ1v) is 5.26. The van der Waals surface area contributed by atoms with Gasteiger partial charge in [-0.25, -0.2) is 0 Å². The predicted molar refractivity (Wildman–Crippen MR) is 49.0 cm³/mol. The van der Waals surface area contributed by atoms with Crippen LogP contribution < -0.4 is 0 Å². The Balaban J connectivity index is 1.94. The molecule has 0 saturated heterocycles. The second-order valence-electron chi connectivity index (χ2n) is 4.13. The zero-order chi connectivity index (χ0) is 8.55. The maximum atomic E-state index is 9.73. The average molecular weight is 169 g/mol. The molecule has 2 aliphatic rings. The van der Waals surface area contributed by atoms with E-state index in [1.54, 1.807) is 0 Å². The number of hydrogen-bond donors (Lipinski definition) is 1. The van der Waals surface area contributed by atoms with Gasteiger partial charge in [0.1, 0.15) is 0 Å². The summed E-state index contributed by atoms with van der Waals surface area (Å²) in [4.78, 5) is 2.51. The normalized spacial score (nSPS) is 36.2. The van der Waals surface area contributed by atoms with E-state index in [9.17, 15) is 5.11 Å². The van der Waals surface area contributed by atoms with Gasteiger partial charge in [-0.05, 0) is 38.6 Å². The van der Waals surface area contributed by atoms with Gasteiger partial charge in [0.2, 0.25) is 0 Å². The molecule has 0 amide bonds. The fourth-order valence-corrected chi connectivity index (χ4v) is 2.48. The predicted octanol–water partition coefficient (Wildman–Crippen LogP) is 1.38. The van der Waals surface area contributed by atoms with Gasteiger partial charge in [0.25, 0.3) is 0 Å². The van der Waals surface area contributed by atoms with Crippen LogP contribution in [0.3, 0.4) is 0 Å². The van der Waals surface area contributed by atoms with Crippen molar-refractivity contribution in [3.8, 4) is 0 Å². The van der Waals surface area contributed by atoms with Crippen LogP contribution in [0.25, 0.3) is 0 Å². The van der Waals surface area contributed by atoms with Crippen LogP contribution in [-0.4, -0.2) is 34.7 Å². The molecule has 70 valence electrons. The molecule has 0 aromatic heterocycles. The summed E-state index contributed by atoms with van der Waals surface area (Å²) in [7, 11) is 0. The molecule has 2 heteroatoms. The van der Waals surface area contributed by atoms with Gasteiger partial charge < -0.3 is 5.11 Å². The summed E-state index contributed by atoms with van der Waals surface area (Å²) in [5.74, 6) is 0. The molecule has 2 saturated carbocycles. The van der Waals surface area contributed by atoms with Crippen LogP contribution in [0.2, 0.25) is 0 Å². The van der Waals surface area contributed by atoms with Crippen molar-refractivity contribution < 1.29 is 5.11 Å². The number of aliphatic hydroxyl groups excluding tert-OH is 1. The van der Waals surface area contributed by atoms with Gasteiger partial charge in [-0.2, -0.15) is 0 Å². The van der Waals surface area contributed by atoms with Gasteiger partial charge in [-0.15, -0.1) is 0 Å². The lowest BCUT2D eigenvalue weighted by Crippen LogP contribution is -2.41. The van der Waals surface area contributed by atoms with Crippen molar-refractivity contribution in [2.45, 2.75) is 57.2 Å². The maximum Gasteiger partial charge on any atom is 0.0695 e. The van der Waals surface area contributed by atoms with E-state index in [2.05, 4.69) is 11.8 Å². The molecule has 2 rings (SSSR count). The summed E-state index contributed by atoms with van der Waals surface area (Å²) in [6, 6.07) is 1.30. The maximum absolute atomic E-state index is 9.73. The molecule has 0 radical (unpaired) electrons. The van der Waals surface area contributed by atoms with E-state index in [0.717, 1.165) is 19.0 Å².